The molecule has 6 aliphatic carbocycles. The molecular formula is C29H24O3. The summed E-state index contributed by atoms with van der Waals surface area (Å²) in [5, 5.41) is 0. The number of rotatable bonds is 3. The summed E-state index contributed by atoms with van der Waals surface area (Å²) in [7, 11) is 0. The maximum absolute atomic E-state index is 13.8. The molecule has 4 bridgehead atoms. The van der Waals surface area contributed by atoms with E-state index in [0.717, 1.165) is 11.3 Å². The van der Waals surface area contributed by atoms with E-state index in [1.54, 1.807) is 0 Å². The first-order chi connectivity index (χ1) is 15.7. The molecule has 0 saturated carbocycles. The Morgan fingerprint density at radius 2 is 1.47 bits per heavy atom. The lowest BCUT2D eigenvalue weighted by Crippen LogP contribution is -2.55. The van der Waals surface area contributed by atoms with E-state index in [1.807, 2.05) is 18.2 Å². The van der Waals surface area contributed by atoms with Crippen molar-refractivity contribution in [2.24, 2.45) is 11.3 Å². The number of hydrogen-bond donors (Lipinski definition) is 0. The van der Waals surface area contributed by atoms with E-state index in [1.165, 1.54) is 22.3 Å². The molecule has 0 N–H and O–H groups in total. The fraction of sp³-hybridized carbons (Fsp3) is 0.276. The second-order valence-corrected chi connectivity index (χ2v) is 9.65. The van der Waals surface area contributed by atoms with Gasteiger partial charge in [0, 0.05) is 17.8 Å². The summed E-state index contributed by atoms with van der Waals surface area (Å²) in [6.45, 7) is 1.60. The Hall–Kier alpha value is -3.17. The third kappa shape index (κ3) is 2.17. The van der Waals surface area contributed by atoms with Gasteiger partial charge in [-0.1, -0.05) is 78.9 Å². The van der Waals surface area contributed by atoms with Gasteiger partial charge in [0.25, 0.3) is 0 Å². The van der Waals surface area contributed by atoms with Gasteiger partial charge in [-0.15, -0.1) is 0 Å². The van der Waals surface area contributed by atoms with Crippen molar-refractivity contribution in [3.63, 3.8) is 0 Å². The average molecular weight is 421 g/mol. The molecule has 1 saturated heterocycles. The molecule has 1 heterocycles. The monoisotopic (exact) mass is 420 g/mol. The van der Waals surface area contributed by atoms with Crippen LogP contribution in [0.1, 0.15) is 40.2 Å². The van der Waals surface area contributed by atoms with Gasteiger partial charge in [-0.2, -0.15) is 0 Å². The second kappa shape index (κ2) is 6.43. The van der Waals surface area contributed by atoms with Gasteiger partial charge in [0.05, 0.1) is 24.5 Å². The summed E-state index contributed by atoms with van der Waals surface area (Å²) in [5.41, 5.74) is 5.50. The van der Waals surface area contributed by atoms with E-state index in [4.69, 9.17) is 9.47 Å². The minimum atomic E-state index is -0.426. The van der Waals surface area contributed by atoms with Crippen LogP contribution in [0.3, 0.4) is 0 Å². The Balaban J connectivity index is 1.49. The summed E-state index contributed by atoms with van der Waals surface area (Å²) in [6, 6.07) is 27.6. The van der Waals surface area contributed by atoms with Gasteiger partial charge < -0.3 is 9.47 Å². The lowest BCUT2D eigenvalue weighted by Gasteiger charge is -2.55. The van der Waals surface area contributed by atoms with Crippen molar-refractivity contribution < 1.29 is 14.3 Å². The first kappa shape index (κ1) is 18.4. The molecule has 1 fully saturated rings. The molecule has 32 heavy (non-hydrogen) atoms. The van der Waals surface area contributed by atoms with E-state index in [-0.39, 0.29) is 23.0 Å². The molecule has 7 aliphatic rings. The molecule has 3 nitrogen and oxygen atoms in total. The number of benzene rings is 3. The average Bonchev–Trinajstić information content (AvgIpc) is 3.15. The van der Waals surface area contributed by atoms with Crippen molar-refractivity contribution in [2.45, 2.75) is 24.4 Å². The van der Waals surface area contributed by atoms with Crippen LogP contribution < -0.4 is 0 Å². The number of ether oxygens (including phenoxy) is 2. The normalized spacial score (nSPS) is 31.2. The SMILES string of the molecule is O=C1C[C@]23C=C(OCc4ccccc4)[C@H]1C1c4ccccc4C2(COC3)c2ccccc21. The smallest absolute Gasteiger partial charge is 0.145 e. The topological polar surface area (TPSA) is 35.5 Å². The molecule has 0 aromatic heterocycles. The minimum Gasteiger partial charge on any atom is -0.493 e. The predicted octanol–water partition coefficient (Wildman–Crippen LogP) is 5.14. The molecule has 2 atom stereocenters. The molecule has 0 unspecified atom stereocenters. The lowest BCUT2D eigenvalue weighted by atomic mass is 9.46. The summed E-state index contributed by atoms with van der Waals surface area (Å²) in [4.78, 5) is 13.8. The van der Waals surface area contributed by atoms with Gasteiger partial charge in [-0.25, -0.2) is 0 Å². The van der Waals surface area contributed by atoms with Crippen LogP contribution in [-0.4, -0.2) is 19.0 Å². The van der Waals surface area contributed by atoms with Gasteiger partial charge in [0.2, 0.25) is 0 Å². The number of Topliss-reactive ketones (excluding diaryl/α,β-unsaturated/α-hetero) is 1. The van der Waals surface area contributed by atoms with Gasteiger partial charge in [-0.05, 0) is 33.9 Å². The third-order valence-electron chi connectivity index (χ3n) is 8.18. The Morgan fingerprint density at radius 1 is 0.812 bits per heavy atom. The molecule has 2 spiro atoms. The molecule has 1 aliphatic heterocycles. The zero-order chi connectivity index (χ0) is 21.3. The second-order valence-electron chi connectivity index (χ2n) is 9.65. The summed E-state index contributed by atoms with van der Waals surface area (Å²) < 4.78 is 12.7. The van der Waals surface area contributed by atoms with Gasteiger partial charge in [0.15, 0.2) is 0 Å². The molecule has 3 aromatic carbocycles. The molecule has 10 rings (SSSR count). The van der Waals surface area contributed by atoms with E-state index in [9.17, 15) is 4.79 Å². The molecule has 0 amide bonds. The van der Waals surface area contributed by atoms with E-state index in [2.05, 4.69) is 66.7 Å². The van der Waals surface area contributed by atoms with Crippen molar-refractivity contribution in [3.8, 4) is 0 Å². The molecule has 0 radical (unpaired) electrons. The minimum absolute atomic E-state index is 0.0264. The van der Waals surface area contributed by atoms with Crippen LogP contribution in [0.4, 0.5) is 0 Å². The summed E-state index contributed by atoms with van der Waals surface area (Å²) in [6.07, 6.45) is 2.79. The van der Waals surface area contributed by atoms with Gasteiger partial charge in [0.1, 0.15) is 18.1 Å². The Kier molecular flexibility index (Phi) is 3.70. The van der Waals surface area contributed by atoms with Crippen LogP contribution in [0.5, 0.6) is 0 Å². The zero-order valence-electron chi connectivity index (χ0n) is 17.8. The molecule has 3 heteroatoms. The van der Waals surface area contributed by atoms with Gasteiger partial charge in [-0.3, -0.25) is 4.79 Å². The highest BCUT2D eigenvalue weighted by molar-refractivity contribution is 5.90. The zero-order valence-corrected chi connectivity index (χ0v) is 17.8. The highest BCUT2D eigenvalue weighted by atomic mass is 16.5. The Morgan fingerprint density at radius 3 is 2.19 bits per heavy atom. The van der Waals surface area contributed by atoms with Crippen molar-refractivity contribution in [2.75, 3.05) is 13.2 Å². The maximum Gasteiger partial charge on any atom is 0.145 e. The maximum atomic E-state index is 13.8. The number of allylic oxidation sites excluding steroid dienone is 1. The fourth-order valence-electron chi connectivity index (χ4n) is 6.91. The number of carbonyl (C=O) groups excluding carboxylic acids is 1. The standard InChI is InChI=1S/C29H24O3/c30-24-14-28-15-25(32-16-19-8-2-1-3-9-19)27(24)26-20-10-4-6-12-22(20)29(28,18-31-17-28)23-13-7-5-11-21(23)26/h1-13,15,26-27H,14,16-18H2/t26?,27-,28+,29?/m0/s1. The van der Waals surface area contributed by atoms with E-state index in [0.29, 0.717) is 26.2 Å². The van der Waals surface area contributed by atoms with Crippen molar-refractivity contribution in [1.82, 2.24) is 0 Å². The van der Waals surface area contributed by atoms with Crippen molar-refractivity contribution in [3.05, 3.63) is 119 Å². The molecule has 158 valence electrons. The molecular weight excluding hydrogens is 396 g/mol. The summed E-state index contributed by atoms with van der Waals surface area (Å²) in [5.74, 6) is 0.778. The third-order valence-corrected chi connectivity index (χ3v) is 8.18. The van der Waals surface area contributed by atoms with Gasteiger partial charge >= 0.3 is 0 Å². The van der Waals surface area contributed by atoms with Crippen LogP contribution in [0.25, 0.3) is 0 Å². The first-order valence-electron chi connectivity index (χ1n) is 11.4. The highest BCUT2D eigenvalue weighted by Crippen LogP contribution is 2.66. The predicted molar refractivity (Wildman–Crippen MR) is 121 cm³/mol. The number of ketones is 1. The van der Waals surface area contributed by atoms with Crippen molar-refractivity contribution >= 4 is 5.78 Å². The fourth-order valence-corrected chi connectivity index (χ4v) is 6.91. The van der Waals surface area contributed by atoms with E-state index < -0.39 is 5.41 Å². The summed E-state index contributed by atoms with van der Waals surface area (Å²) >= 11 is 0. The number of hydrogen-bond acceptors (Lipinski definition) is 3. The highest BCUT2D eigenvalue weighted by Gasteiger charge is 2.66. The van der Waals surface area contributed by atoms with Crippen LogP contribution in [0.15, 0.2) is 90.7 Å². The van der Waals surface area contributed by atoms with Crippen LogP contribution in [-0.2, 0) is 26.3 Å². The quantitative estimate of drug-likeness (QED) is 0.589. The largest absolute Gasteiger partial charge is 0.493 e. The lowest BCUT2D eigenvalue weighted by molar-refractivity contribution is -0.127. The molecule has 3 aromatic rings. The Labute approximate surface area is 187 Å². The van der Waals surface area contributed by atoms with Crippen LogP contribution in [0.2, 0.25) is 0 Å². The first-order valence-corrected chi connectivity index (χ1v) is 11.4. The van der Waals surface area contributed by atoms with Crippen molar-refractivity contribution in [1.29, 1.82) is 0 Å². The van der Waals surface area contributed by atoms with Crippen LogP contribution in [0, 0.1) is 11.3 Å². The Bertz CT molecular complexity index is 1230. The van der Waals surface area contributed by atoms with Crippen LogP contribution >= 0.6 is 0 Å². The number of carbonyl (C=O) groups is 1. The van der Waals surface area contributed by atoms with E-state index >= 15 is 0 Å².